The van der Waals surface area contributed by atoms with Gasteiger partial charge in [0.15, 0.2) is 0 Å². The molecule has 0 aliphatic carbocycles. The van der Waals surface area contributed by atoms with Crippen LogP contribution in [0.4, 0.5) is 0 Å². The zero-order chi connectivity index (χ0) is 15.5. The van der Waals surface area contributed by atoms with E-state index in [-0.39, 0.29) is 5.54 Å². The number of hydrogen-bond acceptors (Lipinski definition) is 3. The zero-order valence-electron chi connectivity index (χ0n) is 12.4. The number of rotatable bonds is 5. The number of benzene rings is 1. The summed E-state index contributed by atoms with van der Waals surface area (Å²) < 4.78 is 13.3. The second-order valence-corrected chi connectivity index (χ2v) is 7.61. The fourth-order valence-electron chi connectivity index (χ4n) is 1.74. The van der Waals surface area contributed by atoms with Gasteiger partial charge >= 0.3 is 0 Å². The van der Waals surface area contributed by atoms with Crippen molar-refractivity contribution in [1.82, 2.24) is 5.32 Å². The minimum Gasteiger partial charge on any atom is -0.488 e. The van der Waals surface area contributed by atoms with Crippen molar-refractivity contribution < 1.29 is 9.15 Å². The molecular weight excluding hydrogens is 398 g/mol. The maximum absolute atomic E-state index is 5.85. The molecule has 21 heavy (non-hydrogen) atoms. The van der Waals surface area contributed by atoms with E-state index in [2.05, 4.69) is 57.9 Å². The van der Waals surface area contributed by atoms with Crippen LogP contribution in [0.5, 0.6) is 5.75 Å². The lowest BCUT2D eigenvalue weighted by Crippen LogP contribution is -2.35. The Labute approximate surface area is 142 Å². The lowest BCUT2D eigenvalue weighted by molar-refractivity contribution is 0.297. The first-order valence-corrected chi connectivity index (χ1v) is 8.32. The molecule has 0 saturated heterocycles. The summed E-state index contributed by atoms with van der Waals surface area (Å²) in [6.07, 6.45) is 1.70. The molecule has 0 fully saturated rings. The molecule has 2 rings (SSSR count). The summed E-state index contributed by atoms with van der Waals surface area (Å²) in [5.74, 6) is 1.73. The first-order valence-electron chi connectivity index (χ1n) is 6.73. The Kier molecular flexibility index (Phi) is 5.52. The van der Waals surface area contributed by atoms with Crippen molar-refractivity contribution in [3.05, 3.63) is 50.8 Å². The van der Waals surface area contributed by atoms with Crippen molar-refractivity contribution in [3.63, 3.8) is 0 Å². The molecule has 1 aromatic heterocycles. The van der Waals surface area contributed by atoms with Crippen LogP contribution in [0.3, 0.4) is 0 Å². The summed E-state index contributed by atoms with van der Waals surface area (Å²) >= 11 is 6.92. The summed E-state index contributed by atoms with van der Waals surface area (Å²) in [5, 5.41) is 3.42. The number of halogens is 2. The second kappa shape index (κ2) is 6.99. The van der Waals surface area contributed by atoms with E-state index in [0.29, 0.717) is 13.2 Å². The largest absolute Gasteiger partial charge is 0.488 e. The Bertz CT molecular complexity index is 603. The van der Waals surface area contributed by atoms with Gasteiger partial charge in [-0.15, -0.1) is 0 Å². The third-order valence-electron chi connectivity index (χ3n) is 2.89. The van der Waals surface area contributed by atoms with Gasteiger partial charge in [-0.05, 0) is 61.0 Å². The van der Waals surface area contributed by atoms with Crippen LogP contribution in [0.1, 0.15) is 32.1 Å². The van der Waals surface area contributed by atoms with Crippen LogP contribution < -0.4 is 10.1 Å². The molecule has 0 aliphatic rings. The Balaban J connectivity index is 1.99. The molecule has 0 aliphatic heterocycles. The molecule has 2 aromatic rings. The van der Waals surface area contributed by atoms with Gasteiger partial charge in [0.05, 0.1) is 17.3 Å². The third-order valence-corrected chi connectivity index (χ3v) is 4.01. The summed E-state index contributed by atoms with van der Waals surface area (Å²) in [5.41, 5.74) is 1.11. The summed E-state index contributed by atoms with van der Waals surface area (Å²) in [6, 6.07) is 7.80. The van der Waals surface area contributed by atoms with Gasteiger partial charge in [-0.3, -0.25) is 0 Å². The average Bonchev–Trinajstić information content (AvgIpc) is 2.82. The monoisotopic (exact) mass is 415 g/mol. The molecule has 1 heterocycles. The lowest BCUT2D eigenvalue weighted by atomic mass is 10.1. The third kappa shape index (κ3) is 5.16. The molecule has 0 radical (unpaired) electrons. The van der Waals surface area contributed by atoms with E-state index >= 15 is 0 Å². The molecule has 0 unspecified atom stereocenters. The van der Waals surface area contributed by atoms with Crippen molar-refractivity contribution in [2.24, 2.45) is 0 Å². The minimum atomic E-state index is 0.0552. The van der Waals surface area contributed by atoms with E-state index in [1.54, 1.807) is 6.26 Å². The van der Waals surface area contributed by atoms with Crippen molar-refractivity contribution >= 4 is 31.9 Å². The minimum absolute atomic E-state index is 0.0552. The first kappa shape index (κ1) is 16.6. The van der Waals surface area contributed by atoms with Crippen molar-refractivity contribution in [3.8, 4) is 5.75 Å². The first-order chi connectivity index (χ1) is 9.85. The van der Waals surface area contributed by atoms with Crippen LogP contribution in [0, 0.1) is 0 Å². The highest BCUT2D eigenvalue weighted by molar-refractivity contribution is 9.11. The topological polar surface area (TPSA) is 34.4 Å². The molecule has 0 amide bonds. The maximum atomic E-state index is 5.85. The molecule has 0 saturated carbocycles. The fraction of sp³-hybridized carbons (Fsp3) is 0.375. The van der Waals surface area contributed by atoms with Gasteiger partial charge in [-0.1, -0.05) is 15.9 Å². The normalized spacial score (nSPS) is 11.7. The molecule has 1 N–H and O–H groups in total. The van der Waals surface area contributed by atoms with E-state index in [0.717, 1.165) is 26.0 Å². The van der Waals surface area contributed by atoms with Crippen LogP contribution in [-0.4, -0.2) is 5.54 Å². The number of hydrogen-bond donors (Lipinski definition) is 1. The summed E-state index contributed by atoms with van der Waals surface area (Å²) in [7, 11) is 0. The quantitative estimate of drug-likeness (QED) is 0.720. The van der Waals surface area contributed by atoms with Crippen molar-refractivity contribution in [2.45, 2.75) is 39.5 Å². The Morgan fingerprint density at radius 2 is 1.95 bits per heavy atom. The van der Waals surface area contributed by atoms with Gasteiger partial charge in [0.2, 0.25) is 0 Å². The fourth-order valence-corrected chi connectivity index (χ4v) is 2.91. The molecule has 0 bridgehead atoms. The van der Waals surface area contributed by atoms with Crippen LogP contribution in [-0.2, 0) is 13.2 Å². The van der Waals surface area contributed by atoms with E-state index < -0.39 is 0 Å². The number of ether oxygens (including phenoxy) is 1. The van der Waals surface area contributed by atoms with Crippen LogP contribution in [0.2, 0.25) is 0 Å². The predicted molar refractivity (Wildman–Crippen MR) is 91.5 cm³/mol. The maximum Gasteiger partial charge on any atom is 0.134 e. The molecule has 5 heteroatoms. The van der Waals surface area contributed by atoms with Gasteiger partial charge in [0, 0.05) is 15.6 Å². The zero-order valence-corrected chi connectivity index (χ0v) is 15.5. The highest BCUT2D eigenvalue weighted by Crippen LogP contribution is 2.29. The van der Waals surface area contributed by atoms with Crippen LogP contribution in [0.25, 0.3) is 0 Å². The smallest absolute Gasteiger partial charge is 0.134 e. The van der Waals surface area contributed by atoms with Gasteiger partial charge in [-0.2, -0.15) is 0 Å². The van der Waals surface area contributed by atoms with Crippen molar-refractivity contribution in [1.29, 1.82) is 0 Å². The summed E-state index contributed by atoms with van der Waals surface area (Å²) in [4.78, 5) is 0. The van der Waals surface area contributed by atoms with Crippen LogP contribution in [0.15, 0.2) is 43.9 Å². The molecule has 3 nitrogen and oxygen atoms in total. The molecule has 0 spiro atoms. The van der Waals surface area contributed by atoms with E-state index in [9.17, 15) is 0 Å². The van der Waals surface area contributed by atoms with E-state index in [1.807, 2.05) is 24.3 Å². The highest BCUT2D eigenvalue weighted by atomic mass is 79.9. The molecule has 114 valence electrons. The van der Waals surface area contributed by atoms with E-state index in [1.165, 1.54) is 0 Å². The Hall–Kier alpha value is -0.780. The molecule has 0 atom stereocenters. The van der Waals surface area contributed by atoms with Crippen molar-refractivity contribution in [2.75, 3.05) is 0 Å². The lowest BCUT2D eigenvalue weighted by Gasteiger charge is -2.20. The van der Waals surface area contributed by atoms with Gasteiger partial charge < -0.3 is 14.5 Å². The SMILES string of the molecule is CC(C)(C)NCc1occc1COc1ccc(Br)cc1Br. The standard InChI is InChI=1S/C16H19Br2NO2/c1-16(2,3)19-9-15-11(6-7-20-15)10-21-14-5-4-12(17)8-13(14)18/h4-8,19H,9-10H2,1-3H3. The Morgan fingerprint density at radius 1 is 1.19 bits per heavy atom. The molecule has 1 aromatic carbocycles. The molecular formula is C16H19Br2NO2. The van der Waals surface area contributed by atoms with Gasteiger partial charge in [0.1, 0.15) is 18.1 Å². The Morgan fingerprint density at radius 3 is 2.62 bits per heavy atom. The van der Waals surface area contributed by atoms with Crippen LogP contribution >= 0.6 is 31.9 Å². The average molecular weight is 417 g/mol. The van der Waals surface area contributed by atoms with E-state index in [4.69, 9.17) is 9.15 Å². The highest BCUT2D eigenvalue weighted by Gasteiger charge is 2.13. The second-order valence-electron chi connectivity index (χ2n) is 5.84. The number of nitrogens with one attached hydrogen (secondary N) is 1. The van der Waals surface area contributed by atoms with Gasteiger partial charge in [0.25, 0.3) is 0 Å². The predicted octanol–water partition coefficient (Wildman–Crippen LogP) is 5.27. The van der Waals surface area contributed by atoms with Gasteiger partial charge in [-0.25, -0.2) is 0 Å². The number of furan rings is 1. The summed E-state index contributed by atoms with van der Waals surface area (Å²) in [6.45, 7) is 7.57.